The monoisotopic (exact) mass is 709 g/mol. The maximum Gasteiger partial charge on any atom is 0.308 e. The lowest BCUT2D eigenvalue weighted by molar-refractivity contribution is -0.147. The van der Waals surface area contributed by atoms with E-state index in [2.05, 4.69) is 5.32 Å². The number of ether oxygens (including phenoxy) is 5. The van der Waals surface area contributed by atoms with Gasteiger partial charge in [0.2, 0.25) is 5.91 Å². The van der Waals surface area contributed by atoms with Crippen LogP contribution in [0, 0.1) is 0 Å². The molecule has 0 fully saturated rings. The molecule has 0 unspecified atom stereocenters. The van der Waals surface area contributed by atoms with E-state index in [1.54, 1.807) is 21.6 Å². The molecule has 2 aromatic carbocycles. The Morgan fingerprint density at radius 2 is 1.21 bits per heavy atom. The molecule has 0 atom stereocenters. The molecule has 0 spiro atoms. The molecule has 2 rings (SSSR count). The van der Waals surface area contributed by atoms with Crippen molar-refractivity contribution in [2.45, 2.75) is 58.7 Å². The number of hydrogen-bond donors (Lipinski definition) is 2. The number of benzene rings is 2. The third kappa shape index (κ3) is 27.1. The topological polar surface area (TPSA) is 147 Å². The van der Waals surface area contributed by atoms with Crippen molar-refractivity contribution in [2.24, 2.45) is 0 Å². The summed E-state index contributed by atoms with van der Waals surface area (Å²) < 4.78 is 26.0. The number of ketones is 1. The van der Waals surface area contributed by atoms with Gasteiger partial charge in [0.25, 0.3) is 0 Å². The number of aliphatic hydroxyl groups excluding tert-OH is 1. The molecule has 0 aliphatic rings. The number of hydrogen-bond acceptors (Lipinski definition) is 12. The van der Waals surface area contributed by atoms with Crippen LogP contribution in [-0.4, -0.2) is 93.0 Å². The van der Waals surface area contributed by atoms with Gasteiger partial charge in [-0.2, -0.15) is 0 Å². The number of aliphatic hydroxyl groups is 1. The standard InChI is InChI=1S/C25H39NO7S2.C10H12O3/c1-2-30-14-6-9-23(27)11-19-34-35-20-12-24(28)26-13-16-32-18-17-31-15-10-25(29)33-21-22-7-4-3-5-8-22;11-7-6-10(12)13-8-9-4-2-1-3-5-9/h3-5,7-8H,2,6,9-21H2,1H3,(H,26,28);1-5,11H,6-8H2. The smallest absolute Gasteiger partial charge is 0.308 e. The summed E-state index contributed by atoms with van der Waals surface area (Å²) in [6.07, 6.45) is 2.62. The molecule has 0 aliphatic carbocycles. The first-order chi connectivity index (χ1) is 23.4. The largest absolute Gasteiger partial charge is 0.461 e. The van der Waals surface area contributed by atoms with E-state index in [9.17, 15) is 19.2 Å². The number of rotatable bonds is 27. The molecule has 268 valence electrons. The SMILES string of the molecule is CCOCCCC(=O)CCSSCCC(=O)NCCOCCOCCC(=O)OCc1ccccc1.O=C(CCO)OCc1ccccc1. The van der Waals surface area contributed by atoms with Gasteiger partial charge in [0.1, 0.15) is 19.0 Å². The van der Waals surface area contributed by atoms with E-state index in [4.69, 9.17) is 28.8 Å². The van der Waals surface area contributed by atoms with Crippen LogP contribution in [-0.2, 0) is 56.1 Å². The molecule has 0 aromatic heterocycles. The lowest BCUT2D eigenvalue weighted by atomic mass is 10.2. The summed E-state index contributed by atoms with van der Waals surface area (Å²) in [4.78, 5) is 46.0. The average Bonchev–Trinajstić information content (AvgIpc) is 3.10. The lowest BCUT2D eigenvalue weighted by Gasteiger charge is -2.08. The van der Waals surface area contributed by atoms with Gasteiger partial charge in [-0.3, -0.25) is 19.2 Å². The molecule has 48 heavy (non-hydrogen) atoms. The van der Waals surface area contributed by atoms with Crippen LogP contribution in [0.15, 0.2) is 60.7 Å². The van der Waals surface area contributed by atoms with E-state index in [1.165, 1.54) is 0 Å². The average molecular weight is 710 g/mol. The highest BCUT2D eigenvalue weighted by atomic mass is 33.1. The highest BCUT2D eigenvalue weighted by molar-refractivity contribution is 8.76. The minimum absolute atomic E-state index is 0.0148. The van der Waals surface area contributed by atoms with E-state index >= 15 is 0 Å². The van der Waals surface area contributed by atoms with Crippen molar-refractivity contribution in [1.29, 1.82) is 0 Å². The summed E-state index contributed by atoms with van der Waals surface area (Å²) in [7, 11) is 3.24. The molecular weight excluding hydrogens is 659 g/mol. The second-order valence-corrected chi connectivity index (χ2v) is 12.8. The molecular formula is C35H51NO10S2. The van der Waals surface area contributed by atoms with Crippen molar-refractivity contribution >= 4 is 45.2 Å². The molecule has 13 heteroatoms. The van der Waals surface area contributed by atoms with Crippen LogP contribution in [0.4, 0.5) is 0 Å². The van der Waals surface area contributed by atoms with Crippen LogP contribution in [0.5, 0.6) is 0 Å². The van der Waals surface area contributed by atoms with Crippen molar-refractivity contribution in [3.05, 3.63) is 71.8 Å². The summed E-state index contributed by atoms with van der Waals surface area (Å²) in [5, 5.41) is 11.2. The van der Waals surface area contributed by atoms with E-state index in [0.717, 1.165) is 23.3 Å². The first kappa shape index (κ1) is 43.1. The molecule has 0 radical (unpaired) electrons. The van der Waals surface area contributed by atoms with Crippen LogP contribution in [0.25, 0.3) is 0 Å². The first-order valence-corrected chi connectivity index (χ1v) is 18.7. The molecule has 0 saturated carbocycles. The van der Waals surface area contributed by atoms with Gasteiger partial charge in [-0.1, -0.05) is 82.3 Å². The van der Waals surface area contributed by atoms with Gasteiger partial charge >= 0.3 is 11.9 Å². The highest BCUT2D eigenvalue weighted by Crippen LogP contribution is 2.23. The highest BCUT2D eigenvalue weighted by Gasteiger charge is 2.06. The molecule has 0 saturated heterocycles. The summed E-state index contributed by atoms with van der Waals surface area (Å²) in [5.41, 5.74) is 1.90. The van der Waals surface area contributed by atoms with Gasteiger partial charge in [0, 0.05) is 50.5 Å². The fraction of sp³-hybridized carbons (Fsp3) is 0.543. The maximum atomic E-state index is 11.8. The van der Waals surface area contributed by atoms with Crippen molar-refractivity contribution in [3.8, 4) is 0 Å². The number of carbonyl (C=O) groups excluding carboxylic acids is 4. The van der Waals surface area contributed by atoms with Crippen LogP contribution in [0.1, 0.15) is 56.6 Å². The minimum Gasteiger partial charge on any atom is -0.461 e. The van der Waals surface area contributed by atoms with E-state index in [0.29, 0.717) is 64.6 Å². The Balaban J connectivity index is 0.000000735. The molecule has 11 nitrogen and oxygen atoms in total. The summed E-state index contributed by atoms with van der Waals surface area (Å²) >= 11 is 0. The van der Waals surface area contributed by atoms with Crippen LogP contribution < -0.4 is 5.32 Å². The fourth-order valence-corrected chi connectivity index (χ4v) is 5.61. The van der Waals surface area contributed by atoms with Crippen molar-refractivity contribution < 1.29 is 48.0 Å². The van der Waals surface area contributed by atoms with E-state index in [-0.39, 0.29) is 62.9 Å². The normalized spacial score (nSPS) is 10.5. The molecule has 0 bridgehead atoms. The predicted molar refractivity (Wildman–Crippen MR) is 188 cm³/mol. The van der Waals surface area contributed by atoms with Crippen molar-refractivity contribution in [1.82, 2.24) is 5.32 Å². The quantitative estimate of drug-likeness (QED) is 0.0737. The Morgan fingerprint density at radius 1 is 0.646 bits per heavy atom. The molecule has 2 N–H and O–H groups in total. The van der Waals surface area contributed by atoms with Crippen LogP contribution in [0.2, 0.25) is 0 Å². The van der Waals surface area contributed by atoms with Gasteiger partial charge in [-0.15, -0.1) is 0 Å². The maximum absolute atomic E-state index is 11.8. The lowest BCUT2D eigenvalue weighted by Crippen LogP contribution is -2.27. The summed E-state index contributed by atoms with van der Waals surface area (Å²) in [5.74, 6) is 1.06. The van der Waals surface area contributed by atoms with Crippen LogP contribution >= 0.6 is 21.6 Å². The fourth-order valence-electron chi connectivity index (χ4n) is 3.59. The Bertz CT molecular complexity index is 1110. The number of amides is 1. The first-order valence-electron chi connectivity index (χ1n) is 16.2. The zero-order chi connectivity index (χ0) is 34.9. The number of nitrogens with one attached hydrogen (secondary N) is 1. The number of esters is 2. The van der Waals surface area contributed by atoms with Gasteiger partial charge < -0.3 is 34.1 Å². The second-order valence-electron chi connectivity index (χ2n) is 10.1. The van der Waals surface area contributed by atoms with E-state index < -0.39 is 0 Å². The van der Waals surface area contributed by atoms with Crippen LogP contribution in [0.3, 0.4) is 0 Å². The van der Waals surface area contributed by atoms with Crippen molar-refractivity contribution in [2.75, 3.05) is 64.3 Å². The Labute approximate surface area is 292 Å². The third-order valence-electron chi connectivity index (χ3n) is 6.10. The predicted octanol–water partition coefficient (Wildman–Crippen LogP) is 4.93. The van der Waals surface area contributed by atoms with E-state index in [1.807, 2.05) is 67.6 Å². The van der Waals surface area contributed by atoms with Gasteiger partial charge in [-0.05, 0) is 24.5 Å². The van der Waals surface area contributed by atoms with Crippen molar-refractivity contribution in [3.63, 3.8) is 0 Å². The van der Waals surface area contributed by atoms with Gasteiger partial charge in [0.05, 0.1) is 45.9 Å². The Hall–Kier alpha value is -2.94. The number of Topliss-reactive ketones (excluding diaryl/α,β-unsaturated/α-hetero) is 1. The summed E-state index contributed by atoms with van der Waals surface area (Å²) in [6.45, 7) is 5.57. The number of carbonyl (C=O) groups is 4. The zero-order valence-electron chi connectivity index (χ0n) is 27.9. The second kappa shape index (κ2) is 31.3. The zero-order valence-corrected chi connectivity index (χ0v) is 29.6. The molecule has 0 aliphatic heterocycles. The molecule has 2 aromatic rings. The Morgan fingerprint density at radius 3 is 1.79 bits per heavy atom. The van der Waals surface area contributed by atoms with Gasteiger partial charge in [0.15, 0.2) is 0 Å². The molecule has 1 amide bonds. The third-order valence-corrected chi connectivity index (χ3v) is 8.51. The summed E-state index contributed by atoms with van der Waals surface area (Å²) in [6, 6.07) is 19.0. The minimum atomic E-state index is -0.369. The van der Waals surface area contributed by atoms with Gasteiger partial charge in [-0.25, -0.2) is 0 Å². The molecule has 0 heterocycles. The Kier molecular flexibility index (Phi) is 28.1.